The fourth-order valence-electron chi connectivity index (χ4n) is 3.67. The van der Waals surface area contributed by atoms with E-state index in [4.69, 9.17) is 0 Å². The number of benzene rings is 1. The van der Waals surface area contributed by atoms with Crippen LogP contribution in [0.5, 0.6) is 0 Å². The van der Waals surface area contributed by atoms with Crippen molar-refractivity contribution in [3.8, 4) is 0 Å². The van der Waals surface area contributed by atoms with E-state index in [1.54, 1.807) is 0 Å². The van der Waals surface area contributed by atoms with Crippen LogP contribution in [0.15, 0.2) is 29.2 Å². The molecule has 0 radical (unpaired) electrons. The van der Waals surface area contributed by atoms with Crippen LogP contribution >= 0.6 is 11.8 Å². The van der Waals surface area contributed by atoms with Crippen molar-refractivity contribution in [1.29, 1.82) is 0 Å². The van der Waals surface area contributed by atoms with E-state index >= 15 is 0 Å². The van der Waals surface area contributed by atoms with Crippen molar-refractivity contribution in [1.82, 2.24) is 0 Å². The molecule has 1 aromatic rings. The summed E-state index contributed by atoms with van der Waals surface area (Å²) in [7, 11) is 0. The zero-order valence-electron chi connectivity index (χ0n) is 12.6. The minimum atomic E-state index is 0.617. The minimum Gasteiger partial charge on any atom is -0.382 e. The first-order valence-corrected chi connectivity index (χ1v) is 9.22. The first-order chi connectivity index (χ1) is 9.81. The van der Waals surface area contributed by atoms with Crippen LogP contribution in [0.1, 0.15) is 58.3 Å². The Labute approximate surface area is 127 Å². The minimum absolute atomic E-state index is 0.617. The third kappa shape index (κ3) is 3.72. The van der Waals surface area contributed by atoms with Gasteiger partial charge in [0, 0.05) is 21.9 Å². The van der Waals surface area contributed by atoms with Gasteiger partial charge in [0.05, 0.1) is 0 Å². The predicted octanol–water partition coefficient (Wildman–Crippen LogP) is 5.71. The van der Waals surface area contributed by atoms with Gasteiger partial charge >= 0.3 is 0 Å². The number of anilines is 1. The van der Waals surface area contributed by atoms with Crippen LogP contribution in [0.4, 0.5) is 5.69 Å². The standard InChI is InChI=1S/C18H27NS/c1-14(15-6-2-3-7-15)19-16-10-12-18(13-11-16)20-17-8-4-5-9-17/h10-15,17,19H,2-9H2,1H3. The molecular weight excluding hydrogens is 262 g/mol. The molecule has 2 fully saturated rings. The molecular formula is C18H27NS. The lowest BCUT2D eigenvalue weighted by Crippen LogP contribution is -2.23. The molecule has 3 rings (SSSR count). The van der Waals surface area contributed by atoms with E-state index in [-0.39, 0.29) is 0 Å². The Hall–Kier alpha value is -0.630. The van der Waals surface area contributed by atoms with Crippen LogP contribution in [-0.4, -0.2) is 11.3 Å². The second-order valence-electron chi connectivity index (χ2n) is 6.53. The first kappa shape index (κ1) is 14.3. The quantitative estimate of drug-likeness (QED) is 0.745. The van der Waals surface area contributed by atoms with E-state index in [9.17, 15) is 0 Å². The third-order valence-corrected chi connectivity index (χ3v) is 6.31. The molecule has 2 aliphatic rings. The smallest absolute Gasteiger partial charge is 0.0343 e. The van der Waals surface area contributed by atoms with Crippen LogP contribution in [0, 0.1) is 5.92 Å². The average molecular weight is 289 g/mol. The molecule has 0 aromatic heterocycles. The fraction of sp³-hybridized carbons (Fsp3) is 0.667. The van der Waals surface area contributed by atoms with Gasteiger partial charge in [0.2, 0.25) is 0 Å². The van der Waals surface area contributed by atoms with E-state index in [0.29, 0.717) is 6.04 Å². The van der Waals surface area contributed by atoms with Gasteiger partial charge < -0.3 is 5.32 Å². The molecule has 1 unspecified atom stereocenters. The maximum Gasteiger partial charge on any atom is 0.0343 e. The normalized spacial score (nSPS) is 22.2. The van der Waals surface area contributed by atoms with Crippen LogP contribution in [0.3, 0.4) is 0 Å². The second kappa shape index (κ2) is 6.89. The zero-order valence-corrected chi connectivity index (χ0v) is 13.4. The SMILES string of the molecule is CC(Nc1ccc(SC2CCCC2)cc1)C1CCCC1. The molecule has 1 nitrogen and oxygen atoms in total. The van der Waals surface area contributed by atoms with Gasteiger partial charge in [-0.3, -0.25) is 0 Å². The van der Waals surface area contributed by atoms with Crippen molar-refractivity contribution < 1.29 is 0 Å². The van der Waals surface area contributed by atoms with Crippen molar-refractivity contribution in [3.63, 3.8) is 0 Å². The third-order valence-electron chi connectivity index (χ3n) is 4.96. The van der Waals surface area contributed by atoms with Gasteiger partial charge in [0.1, 0.15) is 0 Å². The average Bonchev–Trinajstić information content (AvgIpc) is 3.13. The Morgan fingerprint density at radius 3 is 2.20 bits per heavy atom. The van der Waals surface area contributed by atoms with Gasteiger partial charge in [-0.05, 0) is 62.8 Å². The van der Waals surface area contributed by atoms with Gasteiger partial charge in [0.15, 0.2) is 0 Å². The molecule has 110 valence electrons. The van der Waals surface area contributed by atoms with E-state index < -0.39 is 0 Å². The van der Waals surface area contributed by atoms with E-state index in [2.05, 4.69) is 48.3 Å². The van der Waals surface area contributed by atoms with Crippen molar-refractivity contribution in [2.45, 2.75) is 74.5 Å². The summed E-state index contributed by atoms with van der Waals surface area (Å²) in [6.45, 7) is 2.34. The Morgan fingerprint density at radius 1 is 0.950 bits per heavy atom. The highest BCUT2D eigenvalue weighted by atomic mass is 32.2. The molecule has 0 aliphatic heterocycles. The summed E-state index contributed by atoms with van der Waals surface area (Å²) >= 11 is 2.08. The summed E-state index contributed by atoms with van der Waals surface area (Å²) in [6, 6.07) is 9.75. The maximum absolute atomic E-state index is 3.70. The van der Waals surface area contributed by atoms with Crippen LogP contribution in [-0.2, 0) is 0 Å². The van der Waals surface area contributed by atoms with Gasteiger partial charge in [-0.2, -0.15) is 0 Å². The fourth-order valence-corrected chi connectivity index (χ4v) is 4.91. The van der Waals surface area contributed by atoms with Crippen molar-refractivity contribution in [2.75, 3.05) is 5.32 Å². The number of hydrogen-bond acceptors (Lipinski definition) is 2. The second-order valence-corrected chi connectivity index (χ2v) is 7.90. The summed E-state index contributed by atoms with van der Waals surface area (Å²) in [6.07, 6.45) is 11.3. The van der Waals surface area contributed by atoms with Gasteiger partial charge in [-0.25, -0.2) is 0 Å². The van der Waals surface area contributed by atoms with E-state index in [0.717, 1.165) is 11.2 Å². The highest BCUT2D eigenvalue weighted by Gasteiger charge is 2.21. The molecule has 2 heteroatoms. The summed E-state index contributed by atoms with van der Waals surface area (Å²) in [5.41, 5.74) is 1.29. The highest BCUT2D eigenvalue weighted by Crippen LogP contribution is 2.35. The molecule has 0 amide bonds. The lowest BCUT2D eigenvalue weighted by molar-refractivity contribution is 0.482. The Morgan fingerprint density at radius 2 is 1.55 bits per heavy atom. The molecule has 20 heavy (non-hydrogen) atoms. The lowest BCUT2D eigenvalue weighted by Gasteiger charge is -2.21. The predicted molar refractivity (Wildman–Crippen MR) is 89.6 cm³/mol. The number of nitrogens with one attached hydrogen (secondary N) is 1. The topological polar surface area (TPSA) is 12.0 Å². The molecule has 0 spiro atoms. The summed E-state index contributed by atoms with van der Waals surface area (Å²) < 4.78 is 0. The maximum atomic E-state index is 3.70. The molecule has 0 heterocycles. The van der Waals surface area contributed by atoms with Crippen molar-refractivity contribution >= 4 is 17.4 Å². The molecule has 1 atom stereocenters. The van der Waals surface area contributed by atoms with Crippen LogP contribution < -0.4 is 5.32 Å². The van der Waals surface area contributed by atoms with Gasteiger partial charge in [-0.1, -0.05) is 25.7 Å². The molecule has 0 bridgehead atoms. The molecule has 1 aromatic carbocycles. The molecule has 2 aliphatic carbocycles. The lowest BCUT2D eigenvalue weighted by atomic mass is 9.99. The van der Waals surface area contributed by atoms with E-state index in [1.165, 1.54) is 61.9 Å². The Kier molecular flexibility index (Phi) is 4.93. The van der Waals surface area contributed by atoms with Gasteiger partial charge in [-0.15, -0.1) is 11.8 Å². The highest BCUT2D eigenvalue weighted by molar-refractivity contribution is 8.00. The zero-order chi connectivity index (χ0) is 13.8. The molecule has 1 N–H and O–H groups in total. The van der Waals surface area contributed by atoms with E-state index in [1.807, 2.05) is 0 Å². The van der Waals surface area contributed by atoms with Crippen molar-refractivity contribution in [3.05, 3.63) is 24.3 Å². The number of rotatable bonds is 5. The van der Waals surface area contributed by atoms with Crippen LogP contribution in [0.25, 0.3) is 0 Å². The van der Waals surface area contributed by atoms with Crippen molar-refractivity contribution in [2.24, 2.45) is 5.92 Å². The summed E-state index contributed by atoms with van der Waals surface area (Å²) in [5.74, 6) is 0.877. The largest absolute Gasteiger partial charge is 0.382 e. The number of thioether (sulfide) groups is 1. The monoisotopic (exact) mass is 289 g/mol. The Balaban J connectivity index is 1.52. The van der Waals surface area contributed by atoms with Crippen LogP contribution in [0.2, 0.25) is 0 Å². The molecule has 2 saturated carbocycles. The molecule has 0 saturated heterocycles. The summed E-state index contributed by atoms with van der Waals surface area (Å²) in [4.78, 5) is 1.44. The summed E-state index contributed by atoms with van der Waals surface area (Å²) in [5, 5.41) is 4.56. The van der Waals surface area contributed by atoms with Gasteiger partial charge in [0.25, 0.3) is 0 Å². The first-order valence-electron chi connectivity index (χ1n) is 8.34. The number of hydrogen-bond donors (Lipinski definition) is 1. The Bertz CT molecular complexity index is 402.